The molecule has 1 aromatic rings. The van der Waals surface area contributed by atoms with Crippen LogP contribution in [-0.2, 0) is 11.3 Å². The number of ether oxygens (including phenoxy) is 2. The summed E-state index contributed by atoms with van der Waals surface area (Å²) in [5, 5.41) is -0.0205. The highest BCUT2D eigenvalue weighted by Gasteiger charge is 2.24. The molecule has 0 atom stereocenters. The number of methoxy groups -OCH3 is 2. The minimum Gasteiger partial charge on any atom is -0.493 e. The predicted molar refractivity (Wildman–Crippen MR) is 85.4 cm³/mol. The third-order valence-electron chi connectivity index (χ3n) is 3.46. The number of nitrogens with zero attached hydrogens (tertiary/aromatic N) is 2. The fourth-order valence-corrected chi connectivity index (χ4v) is 3.02. The number of hydrogen-bond donors (Lipinski definition) is 0. The van der Waals surface area contributed by atoms with Gasteiger partial charge in [-0.25, -0.2) is 0 Å². The van der Waals surface area contributed by atoms with Gasteiger partial charge in [-0.1, -0.05) is 17.8 Å². The van der Waals surface area contributed by atoms with E-state index in [9.17, 15) is 9.59 Å². The summed E-state index contributed by atoms with van der Waals surface area (Å²) in [6.07, 6.45) is 0. The molecule has 22 heavy (non-hydrogen) atoms. The van der Waals surface area contributed by atoms with Crippen molar-refractivity contribution in [3.63, 3.8) is 0 Å². The summed E-state index contributed by atoms with van der Waals surface area (Å²) in [6, 6.07) is 5.55. The first-order chi connectivity index (χ1) is 10.5. The van der Waals surface area contributed by atoms with E-state index >= 15 is 0 Å². The number of carbonyl (C=O) groups excluding carboxylic acids is 2. The molecule has 0 aliphatic carbocycles. The second kappa shape index (κ2) is 7.40. The number of likely N-dealkylation sites (N-methyl/N-ethyl adjacent to an activating group) is 1. The third-order valence-corrected chi connectivity index (χ3v) is 4.36. The zero-order chi connectivity index (χ0) is 16.1. The average molecular weight is 324 g/mol. The monoisotopic (exact) mass is 324 g/mol. The zero-order valence-electron chi connectivity index (χ0n) is 13.0. The van der Waals surface area contributed by atoms with Crippen molar-refractivity contribution in [3.8, 4) is 11.5 Å². The lowest BCUT2D eigenvalue weighted by Crippen LogP contribution is -2.38. The molecule has 0 radical (unpaired) electrons. The van der Waals surface area contributed by atoms with E-state index in [-0.39, 0.29) is 17.7 Å². The Hall–Kier alpha value is -1.89. The summed E-state index contributed by atoms with van der Waals surface area (Å²) in [5.74, 6) is 1.96. The Morgan fingerprint density at radius 3 is 2.64 bits per heavy atom. The van der Waals surface area contributed by atoms with Crippen molar-refractivity contribution in [2.75, 3.05) is 40.1 Å². The van der Waals surface area contributed by atoms with Gasteiger partial charge in [0.25, 0.3) is 5.24 Å². The summed E-state index contributed by atoms with van der Waals surface area (Å²) >= 11 is 1.26. The number of rotatable bonds is 6. The molecule has 2 amide bonds. The largest absolute Gasteiger partial charge is 0.493 e. The van der Waals surface area contributed by atoms with Gasteiger partial charge >= 0.3 is 0 Å². The Kier molecular flexibility index (Phi) is 5.54. The molecule has 6 nitrogen and oxygen atoms in total. The van der Waals surface area contributed by atoms with Crippen LogP contribution >= 0.6 is 11.8 Å². The van der Waals surface area contributed by atoms with Gasteiger partial charge in [-0.2, -0.15) is 0 Å². The minimum absolute atomic E-state index is 0.0205. The van der Waals surface area contributed by atoms with Gasteiger partial charge in [-0.3, -0.25) is 9.59 Å². The number of amides is 2. The lowest BCUT2D eigenvalue weighted by atomic mass is 10.2. The smallest absolute Gasteiger partial charge is 0.282 e. The van der Waals surface area contributed by atoms with Gasteiger partial charge in [0.15, 0.2) is 11.5 Å². The minimum atomic E-state index is -0.0781. The van der Waals surface area contributed by atoms with Gasteiger partial charge in [-0.15, -0.1) is 0 Å². The topological polar surface area (TPSA) is 59.1 Å². The molecule has 1 saturated heterocycles. The lowest BCUT2D eigenvalue weighted by Gasteiger charge is -2.21. The maximum absolute atomic E-state index is 12.2. The Morgan fingerprint density at radius 1 is 1.32 bits per heavy atom. The summed E-state index contributed by atoms with van der Waals surface area (Å²) < 4.78 is 10.4. The lowest BCUT2D eigenvalue weighted by molar-refractivity contribution is -0.130. The van der Waals surface area contributed by atoms with Crippen molar-refractivity contribution in [3.05, 3.63) is 23.8 Å². The molecule has 0 saturated carbocycles. The molecule has 1 heterocycles. The first-order valence-electron chi connectivity index (χ1n) is 6.91. The van der Waals surface area contributed by atoms with Crippen molar-refractivity contribution in [1.82, 2.24) is 9.80 Å². The molecule has 1 aliphatic rings. The normalized spacial score (nSPS) is 14.1. The third kappa shape index (κ3) is 3.85. The molecule has 1 aliphatic heterocycles. The van der Waals surface area contributed by atoms with Gasteiger partial charge in [0.2, 0.25) is 5.91 Å². The number of hydrogen-bond acceptors (Lipinski definition) is 5. The van der Waals surface area contributed by atoms with E-state index in [0.29, 0.717) is 24.6 Å². The molecule has 0 bridgehead atoms. The van der Waals surface area contributed by atoms with Gasteiger partial charge in [0.1, 0.15) is 6.54 Å². The van der Waals surface area contributed by atoms with E-state index in [2.05, 4.69) is 0 Å². The standard InChI is InChI=1S/C15H20N2O4S/c1-16(14(18)10-17-6-7-22-15(17)19)9-11-4-5-12(20-2)13(8-11)21-3/h4-5,8H,6-7,9-10H2,1-3H3. The van der Waals surface area contributed by atoms with Crippen LogP contribution in [0, 0.1) is 0 Å². The molecule has 1 fully saturated rings. The number of thioether (sulfide) groups is 1. The highest BCUT2D eigenvalue weighted by atomic mass is 32.2. The van der Waals surface area contributed by atoms with Gasteiger partial charge < -0.3 is 19.3 Å². The predicted octanol–water partition coefficient (Wildman–Crippen LogP) is 1.83. The molecule has 7 heteroatoms. The Morgan fingerprint density at radius 2 is 2.05 bits per heavy atom. The second-order valence-corrected chi connectivity index (χ2v) is 6.02. The summed E-state index contributed by atoms with van der Waals surface area (Å²) in [6.45, 7) is 1.23. The molecule has 1 aromatic carbocycles. The molecular formula is C15H20N2O4S. The van der Waals surface area contributed by atoms with Crippen molar-refractivity contribution in [1.29, 1.82) is 0 Å². The Labute approximate surface area is 134 Å². The molecule has 0 N–H and O–H groups in total. The van der Waals surface area contributed by atoms with Crippen LogP contribution in [0.25, 0.3) is 0 Å². The molecule has 120 valence electrons. The first kappa shape index (κ1) is 16.5. The molecule has 0 spiro atoms. The van der Waals surface area contributed by atoms with Gasteiger partial charge in [0, 0.05) is 25.9 Å². The van der Waals surface area contributed by atoms with Crippen LogP contribution in [0.4, 0.5) is 4.79 Å². The number of carbonyl (C=O) groups is 2. The van der Waals surface area contributed by atoms with Crippen molar-refractivity contribution in [2.24, 2.45) is 0 Å². The van der Waals surface area contributed by atoms with E-state index in [1.54, 1.807) is 31.1 Å². The van der Waals surface area contributed by atoms with Crippen LogP contribution in [-0.4, -0.2) is 61.1 Å². The van der Waals surface area contributed by atoms with Crippen molar-refractivity contribution in [2.45, 2.75) is 6.54 Å². The fourth-order valence-electron chi connectivity index (χ4n) is 2.19. The van der Waals surface area contributed by atoms with Crippen LogP contribution in [0.3, 0.4) is 0 Å². The van der Waals surface area contributed by atoms with Crippen molar-refractivity contribution < 1.29 is 19.1 Å². The highest BCUT2D eigenvalue weighted by Crippen LogP contribution is 2.28. The second-order valence-electron chi connectivity index (χ2n) is 4.98. The van der Waals surface area contributed by atoms with E-state index in [1.807, 2.05) is 18.2 Å². The van der Waals surface area contributed by atoms with Crippen LogP contribution in [0.15, 0.2) is 18.2 Å². The first-order valence-corrected chi connectivity index (χ1v) is 7.90. The van der Waals surface area contributed by atoms with Gasteiger partial charge in [-0.05, 0) is 17.7 Å². The Balaban J connectivity index is 1.97. The van der Waals surface area contributed by atoms with Crippen LogP contribution < -0.4 is 9.47 Å². The zero-order valence-corrected chi connectivity index (χ0v) is 13.8. The molecular weight excluding hydrogens is 304 g/mol. The van der Waals surface area contributed by atoms with E-state index in [4.69, 9.17) is 9.47 Å². The SMILES string of the molecule is COc1ccc(CN(C)C(=O)CN2CCSC2=O)cc1OC. The summed E-state index contributed by atoms with van der Waals surface area (Å²) in [4.78, 5) is 26.9. The average Bonchev–Trinajstić information content (AvgIpc) is 2.92. The fraction of sp³-hybridized carbons (Fsp3) is 0.467. The van der Waals surface area contributed by atoms with Gasteiger partial charge in [0.05, 0.1) is 14.2 Å². The molecule has 2 rings (SSSR count). The maximum atomic E-state index is 12.2. The van der Waals surface area contributed by atoms with Crippen molar-refractivity contribution >= 4 is 22.9 Å². The van der Waals surface area contributed by atoms with Crippen LogP contribution in [0.5, 0.6) is 11.5 Å². The summed E-state index contributed by atoms with van der Waals surface area (Å²) in [5.41, 5.74) is 0.940. The quantitative estimate of drug-likeness (QED) is 0.799. The summed E-state index contributed by atoms with van der Waals surface area (Å²) in [7, 11) is 4.89. The van der Waals surface area contributed by atoms with E-state index in [0.717, 1.165) is 11.3 Å². The molecule has 0 unspecified atom stereocenters. The Bertz CT molecular complexity index is 564. The number of benzene rings is 1. The van der Waals surface area contributed by atoms with E-state index < -0.39 is 0 Å². The highest BCUT2D eigenvalue weighted by molar-refractivity contribution is 8.13. The maximum Gasteiger partial charge on any atom is 0.282 e. The molecule has 0 aromatic heterocycles. The van der Waals surface area contributed by atoms with Crippen LogP contribution in [0.2, 0.25) is 0 Å². The van der Waals surface area contributed by atoms with Crippen LogP contribution in [0.1, 0.15) is 5.56 Å². The van der Waals surface area contributed by atoms with E-state index in [1.165, 1.54) is 11.8 Å².